The van der Waals surface area contributed by atoms with Crippen molar-refractivity contribution >= 4 is 23.8 Å². The monoisotopic (exact) mass is 665 g/mol. The van der Waals surface area contributed by atoms with Crippen molar-refractivity contribution in [1.29, 1.82) is 0 Å². The predicted molar refractivity (Wildman–Crippen MR) is 190 cm³/mol. The molecule has 1 fully saturated rings. The van der Waals surface area contributed by atoms with Crippen molar-refractivity contribution in [2.45, 2.75) is 109 Å². The third kappa shape index (κ3) is 15.0. The van der Waals surface area contributed by atoms with Gasteiger partial charge in [-0.25, -0.2) is 4.89 Å². The first-order chi connectivity index (χ1) is 23.4. The van der Waals surface area contributed by atoms with Crippen LogP contribution in [0.5, 0.6) is 0 Å². The fourth-order valence-corrected chi connectivity index (χ4v) is 7.32. The maximum absolute atomic E-state index is 12.9. The van der Waals surface area contributed by atoms with Crippen molar-refractivity contribution in [3.8, 4) is 0 Å². The van der Waals surface area contributed by atoms with Crippen LogP contribution >= 0.6 is 0 Å². The van der Waals surface area contributed by atoms with Crippen LogP contribution in [0.1, 0.15) is 96.0 Å². The van der Waals surface area contributed by atoms with Gasteiger partial charge in [0.15, 0.2) is 0 Å². The maximum atomic E-state index is 12.9. The van der Waals surface area contributed by atoms with Crippen LogP contribution in [0.25, 0.3) is 0 Å². The lowest BCUT2D eigenvalue weighted by molar-refractivity contribution is -0.242. The van der Waals surface area contributed by atoms with Crippen molar-refractivity contribution in [3.63, 3.8) is 0 Å². The topological polar surface area (TPSA) is 131 Å². The molecule has 1 aliphatic rings. The van der Waals surface area contributed by atoms with E-state index < -0.39 is 0 Å². The number of piperidine rings is 1. The average Bonchev–Trinajstić information content (AvgIpc) is 3.09. The number of ether oxygens (including phenoxy) is 1. The predicted octanol–water partition coefficient (Wildman–Crippen LogP) is 7.05. The second kappa shape index (κ2) is 23.3. The smallest absolute Gasteiger partial charge is 0.234 e. The lowest BCUT2D eigenvalue weighted by Crippen LogP contribution is -2.53. The number of hydrogen-bond acceptors (Lipinski definition) is 7. The Hall–Kier alpha value is -3.11. The van der Waals surface area contributed by atoms with Crippen molar-refractivity contribution in [3.05, 3.63) is 66.2 Å². The number of carbonyl (C=O) groups is 3. The van der Waals surface area contributed by atoms with Crippen LogP contribution < -0.4 is 11.1 Å². The standard InChI is InChI=1S/C39H59N3O6/c1-2-47-36(21-13-17-32(16-10-12-27-48-46)28-38(44)41-35-19-7-4-8-20-35)24-25-42-30-34(23-22-31-14-5-3-6-15-31)33(18-9-11-26-43)29-37(42)39(40)45/h3-8,14-15,19-20,26,32-34,36-37,46H,2,9-13,16-18,21-25,27-30H2,1H3,(H2,40,45)(H,41,44). The van der Waals surface area contributed by atoms with E-state index in [1.54, 1.807) is 0 Å². The molecule has 1 heterocycles. The SMILES string of the molecule is CCOC(CCCC(CCCCOO)CC(=O)Nc1ccccc1)CCN1CC(CCc2ccccc2)C(CCCC=O)CC1C(N)=O. The Labute approximate surface area is 287 Å². The first-order valence-electron chi connectivity index (χ1n) is 18.2. The molecule has 5 unspecified atom stereocenters. The Morgan fingerprint density at radius 3 is 2.38 bits per heavy atom. The number of nitrogens with one attached hydrogen (secondary N) is 1. The molecule has 3 rings (SSSR count). The molecule has 266 valence electrons. The molecule has 9 nitrogen and oxygen atoms in total. The van der Waals surface area contributed by atoms with Gasteiger partial charge in [0.1, 0.15) is 6.29 Å². The molecule has 0 saturated carbocycles. The zero-order chi connectivity index (χ0) is 34.4. The molecule has 2 aromatic rings. The number of unbranched alkanes of at least 4 members (excludes halogenated alkanes) is 2. The van der Waals surface area contributed by atoms with Gasteiger partial charge >= 0.3 is 0 Å². The summed E-state index contributed by atoms with van der Waals surface area (Å²) in [5, 5.41) is 11.7. The third-order valence-corrected chi connectivity index (χ3v) is 9.88. The number of likely N-dealkylation sites (tertiary alicyclic amines) is 1. The van der Waals surface area contributed by atoms with E-state index in [0.717, 1.165) is 102 Å². The van der Waals surface area contributed by atoms with Crippen molar-refractivity contribution in [1.82, 2.24) is 4.90 Å². The number of aryl methyl sites for hydroxylation is 1. The second-order valence-electron chi connectivity index (χ2n) is 13.4. The van der Waals surface area contributed by atoms with E-state index in [0.29, 0.717) is 37.9 Å². The van der Waals surface area contributed by atoms with Gasteiger partial charge in [0.25, 0.3) is 0 Å². The van der Waals surface area contributed by atoms with Gasteiger partial charge in [0.2, 0.25) is 11.8 Å². The van der Waals surface area contributed by atoms with Crippen LogP contribution in [-0.4, -0.2) is 66.7 Å². The van der Waals surface area contributed by atoms with E-state index in [1.807, 2.05) is 43.3 Å². The van der Waals surface area contributed by atoms with Gasteiger partial charge < -0.3 is 20.6 Å². The molecule has 1 saturated heterocycles. The molecule has 0 radical (unpaired) electrons. The fraction of sp³-hybridized carbons (Fsp3) is 0.615. The zero-order valence-electron chi connectivity index (χ0n) is 29.0. The lowest BCUT2D eigenvalue weighted by Gasteiger charge is -2.43. The molecule has 1 aliphatic heterocycles. The summed E-state index contributed by atoms with van der Waals surface area (Å²) in [5.41, 5.74) is 8.11. The lowest BCUT2D eigenvalue weighted by atomic mass is 9.76. The van der Waals surface area contributed by atoms with Gasteiger partial charge in [-0.1, -0.05) is 61.4 Å². The number of aldehydes is 1. The third-order valence-electron chi connectivity index (χ3n) is 9.88. The van der Waals surface area contributed by atoms with E-state index in [-0.39, 0.29) is 29.9 Å². The van der Waals surface area contributed by atoms with Gasteiger partial charge in [0.05, 0.1) is 18.8 Å². The molecule has 4 N–H and O–H groups in total. The second-order valence-corrected chi connectivity index (χ2v) is 13.4. The number of amides is 2. The summed E-state index contributed by atoms with van der Waals surface area (Å²) in [6.45, 7) is 4.49. The van der Waals surface area contributed by atoms with Gasteiger partial charge in [-0.2, -0.15) is 0 Å². The molecule has 48 heavy (non-hydrogen) atoms. The van der Waals surface area contributed by atoms with Crippen molar-refractivity contribution in [2.75, 3.05) is 31.6 Å². The summed E-state index contributed by atoms with van der Waals surface area (Å²) in [4.78, 5) is 43.2. The highest BCUT2D eigenvalue weighted by molar-refractivity contribution is 5.90. The summed E-state index contributed by atoms with van der Waals surface area (Å²) >= 11 is 0. The van der Waals surface area contributed by atoms with E-state index in [1.165, 1.54) is 5.56 Å². The molecule has 2 amide bonds. The van der Waals surface area contributed by atoms with Crippen molar-refractivity contribution in [2.24, 2.45) is 23.5 Å². The Balaban J connectivity index is 1.58. The van der Waals surface area contributed by atoms with Gasteiger partial charge in [0, 0.05) is 38.2 Å². The quantitative estimate of drug-likeness (QED) is 0.0448. The van der Waals surface area contributed by atoms with Crippen LogP contribution in [0.4, 0.5) is 5.69 Å². The summed E-state index contributed by atoms with van der Waals surface area (Å²) in [7, 11) is 0. The molecule has 0 bridgehead atoms. The number of nitrogens with zero attached hydrogens (tertiary/aromatic N) is 1. The van der Waals surface area contributed by atoms with Crippen LogP contribution in [-0.2, 0) is 30.4 Å². The molecule has 2 aromatic carbocycles. The highest BCUT2D eigenvalue weighted by Crippen LogP contribution is 2.35. The Morgan fingerprint density at radius 2 is 1.69 bits per heavy atom. The molecule has 0 spiro atoms. The Kier molecular flexibility index (Phi) is 19.1. The van der Waals surface area contributed by atoms with Crippen LogP contribution in [0, 0.1) is 17.8 Å². The summed E-state index contributed by atoms with van der Waals surface area (Å²) in [5.74, 6) is 0.757. The van der Waals surface area contributed by atoms with Crippen LogP contribution in [0.2, 0.25) is 0 Å². The molecule has 9 heteroatoms. The number of carbonyl (C=O) groups excluding carboxylic acids is 3. The summed E-state index contributed by atoms with van der Waals surface area (Å²) < 4.78 is 6.20. The minimum atomic E-state index is -0.308. The van der Waals surface area contributed by atoms with Crippen LogP contribution in [0.15, 0.2) is 60.7 Å². The number of para-hydroxylation sites is 1. The first-order valence-corrected chi connectivity index (χ1v) is 18.2. The van der Waals surface area contributed by atoms with Crippen molar-refractivity contribution < 1.29 is 29.3 Å². The van der Waals surface area contributed by atoms with E-state index in [4.69, 9.17) is 15.7 Å². The highest BCUT2D eigenvalue weighted by Gasteiger charge is 2.37. The number of primary amides is 1. The minimum Gasteiger partial charge on any atom is -0.378 e. The average molecular weight is 666 g/mol. The van der Waals surface area contributed by atoms with Gasteiger partial charge in [-0.3, -0.25) is 19.7 Å². The number of hydrogen-bond donors (Lipinski definition) is 3. The zero-order valence-corrected chi connectivity index (χ0v) is 29.0. The van der Waals surface area contributed by atoms with Crippen LogP contribution in [0.3, 0.4) is 0 Å². The van der Waals surface area contributed by atoms with E-state index >= 15 is 0 Å². The number of rotatable bonds is 25. The Bertz CT molecular complexity index is 1170. The molecule has 5 atom stereocenters. The van der Waals surface area contributed by atoms with E-state index in [9.17, 15) is 14.4 Å². The largest absolute Gasteiger partial charge is 0.378 e. The van der Waals surface area contributed by atoms with Gasteiger partial charge in [-0.15, -0.1) is 0 Å². The highest BCUT2D eigenvalue weighted by atomic mass is 17.1. The molecule has 0 aliphatic carbocycles. The molecule has 0 aromatic heterocycles. The summed E-state index contributed by atoms with van der Waals surface area (Å²) in [6, 6.07) is 19.8. The first kappa shape index (κ1) is 39.3. The van der Waals surface area contributed by atoms with Gasteiger partial charge in [-0.05, 0) is 107 Å². The minimum absolute atomic E-state index is 0.0137. The molecular weight excluding hydrogens is 606 g/mol. The van der Waals surface area contributed by atoms with E-state index in [2.05, 4.69) is 39.4 Å². The summed E-state index contributed by atoms with van der Waals surface area (Å²) in [6.07, 6.45) is 12.6. The number of anilines is 1. The normalized spacial score (nSPS) is 19.4. The molecular formula is C39H59N3O6. The number of nitrogens with two attached hydrogens (primary N) is 1. The maximum Gasteiger partial charge on any atom is 0.234 e. The number of benzene rings is 2. The fourth-order valence-electron chi connectivity index (χ4n) is 7.32. The Morgan fingerprint density at radius 1 is 0.958 bits per heavy atom.